The molecular weight excluding hydrogens is 212 g/mol. The molecule has 2 aliphatic heterocycles. The first-order valence-electron chi connectivity index (χ1n) is 6.15. The molecule has 2 heterocycles. The van der Waals surface area contributed by atoms with Crippen LogP contribution in [0, 0.1) is 6.92 Å². The van der Waals surface area contributed by atoms with Gasteiger partial charge >= 0.3 is 0 Å². The van der Waals surface area contributed by atoms with Gasteiger partial charge in [-0.25, -0.2) is 0 Å². The molecule has 2 saturated heterocycles. The van der Waals surface area contributed by atoms with E-state index in [1.54, 1.807) is 0 Å². The average molecular weight is 230 g/mol. The Balaban J connectivity index is 1.91. The van der Waals surface area contributed by atoms with Crippen molar-refractivity contribution in [2.24, 2.45) is 0 Å². The Bertz CT molecular complexity index is 427. The van der Waals surface area contributed by atoms with Gasteiger partial charge in [0.2, 0.25) is 0 Å². The van der Waals surface area contributed by atoms with Crippen molar-refractivity contribution in [3.63, 3.8) is 0 Å². The van der Waals surface area contributed by atoms with E-state index in [9.17, 15) is 0 Å². The molecule has 2 aliphatic rings. The minimum absolute atomic E-state index is 0.996. The van der Waals surface area contributed by atoms with Crippen molar-refractivity contribution in [1.29, 1.82) is 0 Å². The van der Waals surface area contributed by atoms with Gasteiger partial charge in [-0.1, -0.05) is 17.7 Å². The highest BCUT2D eigenvalue weighted by Crippen LogP contribution is 2.22. The molecule has 0 unspecified atom stereocenters. The zero-order chi connectivity index (χ0) is 11.7. The molecule has 2 fully saturated rings. The van der Waals surface area contributed by atoms with Gasteiger partial charge in [-0.05, 0) is 19.1 Å². The number of rotatable bonds is 1. The van der Waals surface area contributed by atoms with Gasteiger partial charge in [0.05, 0.1) is 0 Å². The smallest absolute Gasteiger partial charge is 0.147 e. The maximum Gasteiger partial charge on any atom is 0.147 e. The first kappa shape index (κ1) is 10.3. The quantitative estimate of drug-likeness (QED) is 0.665. The summed E-state index contributed by atoms with van der Waals surface area (Å²) in [6.45, 7) is 6.14. The highest BCUT2D eigenvalue weighted by atomic mass is 15.3. The third-order valence-electron chi connectivity index (χ3n) is 3.21. The molecule has 3 rings (SSSR count). The second kappa shape index (κ2) is 4.20. The zero-order valence-corrected chi connectivity index (χ0v) is 10.1. The fourth-order valence-electron chi connectivity index (χ4n) is 2.30. The molecule has 0 atom stereocenters. The van der Waals surface area contributed by atoms with E-state index >= 15 is 0 Å². The van der Waals surface area contributed by atoms with Crippen molar-refractivity contribution in [2.75, 3.05) is 31.1 Å². The van der Waals surface area contributed by atoms with E-state index in [1.807, 2.05) is 0 Å². The lowest BCUT2D eigenvalue weighted by Crippen LogP contribution is -2.27. The van der Waals surface area contributed by atoms with Crippen molar-refractivity contribution < 1.29 is 0 Å². The summed E-state index contributed by atoms with van der Waals surface area (Å²) in [6, 6.07) is 8.67. The first-order valence-corrected chi connectivity index (χ1v) is 6.15. The van der Waals surface area contributed by atoms with Crippen molar-refractivity contribution in [2.45, 2.75) is 6.92 Å². The SMILES string of the molecule is Cc1ccc(N2CCNC2=C2NCCN2)cc1. The topological polar surface area (TPSA) is 39.3 Å². The van der Waals surface area contributed by atoms with Gasteiger partial charge in [0.25, 0.3) is 0 Å². The number of nitrogens with one attached hydrogen (secondary N) is 3. The lowest BCUT2D eigenvalue weighted by Gasteiger charge is -2.21. The molecule has 0 spiro atoms. The molecule has 0 saturated carbocycles. The van der Waals surface area contributed by atoms with E-state index in [4.69, 9.17) is 0 Å². The zero-order valence-electron chi connectivity index (χ0n) is 10.1. The molecule has 17 heavy (non-hydrogen) atoms. The van der Waals surface area contributed by atoms with Crippen LogP contribution in [0.15, 0.2) is 35.9 Å². The molecule has 1 aromatic rings. The van der Waals surface area contributed by atoms with Crippen LogP contribution in [0.2, 0.25) is 0 Å². The summed E-state index contributed by atoms with van der Waals surface area (Å²) in [6.07, 6.45) is 0. The molecule has 0 bridgehead atoms. The van der Waals surface area contributed by atoms with Crippen LogP contribution in [-0.4, -0.2) is 26.2 Å². The summed E-state index contributed by atoms with van der Waals surface area (Å²) < 4.78 is 0. The van der Waals surface area contributed by atoms with E-state index in [-0.39, 0.29) is 0 Å². The fourth-order valence-corrected chi connectivity index (χ4v) is 2.30. The van der Waals surface area contributed by atoms with Crippen LogP contribution in [0.1, 0.15) is 5.56 Å². The van der Waals surface area contributed by atoms with Crippen LogP contribution in [0.25, 0.3) is 0 Å². The lowest BCUT2D eigenvalue weighted by molar-refractivity contribution is 0.847. The van der Waals surface area contributed by atoms with Crippen molar-refractivity contribution in [3.05, 3.63) is 41.5 Å². The Morgan fingerprint density at radius 1 is 0.941 bits per heavy atom. The third kappa shape index (κ3) is 1.90. The Kier molecular flexibility index (Phi) is 2.55. The van der Waals surface area contributed by atoms with Gasteiger partial charge in [0.1, 0.15) is 11.6 Å². The van der Waals surface area contributed by atoms with E-state index in [0.29, 0.717) is 0 Å². The van der Waals surface area contributed by atoms with Crippen molar-refractivity contribution >= 4 is 5.69 Å². The molecule has 90 valence electrons. The molecule has 0 aliphatic carbocycles. The second-order valence-electron chi connectivity index (χ2n) is 4.49. The van der Waals surface area contributed by atoms with Crippen molar-refractivity contribution in [3.8, 4) is 0 Å². The molecule has 3 N–H and O–H groups in total. The van der Waals surface area contributed by atoms with Gasteiger partial charge < -0.3 is 20.9 Å². The highest BCUT2D eigenvalue weighted by molar-refractivity contribution is 5.54. The van der Waals surface area contributed by atoms with Crippen LogP contribution < -0.4 is 20.9 Å². The summed E-state index contributed by atoms with van der Waals surface area (Å²) in [7, 11) is 0. The molecular formula is C13H18N4. The maximum absolute atomic E-state index is 3.44. The van der Waals surface area contributed by atoms with Gasteiger partial charge in [-0.15, -0.1) is 0 Å². The van der Waals surface area contributed by atoms with Crippen molar-refractivity contribution in [1.82, 2.24) is 16.0 Å². The number of anilines is 1. The first-order chi connectivity index (χ1) is 8.34. The summed E-state index contributed by atoms with van der Waals surface area (Å²) in [5, 5.41) is 10.2. The third-order valence-corrected chi connectivity index (χ3v) is 3.21. The summed E-state index contributed by atoms with van der Waals surface area (Å²) in [5.41, 5.74) is 2.55. The normalized spacial score (nSPS) is 19.0. The van der Waals surface area contributed by atoms with Gasteiger partial charge in [-0.2, -0.15) is 0 Å². The van der Waals surface area contributed by atoms with E-state index in [2.05, 4.69) is 52.0 Å². The average Bonchev–Trinajstić information content (AvgIpc) is 3.00. The maximum atomic E-state index is 3.44. The molecule has 0 amide bonds. The van der Waals surface area contributed by atoms with E-state index < -0.39 is 0 Å². The Morgan fingerprint density at radius 3 is 2.35 bits per heavy atom. The molecule has 0 aromatic heterocycles. The Labute approximate surface area is 102 Å². The van der Waals surface area contributed by atoms with Gasteiger partial charge in [0, 0.05) is 31.9 Å². The molecule has 1 aromatic carbocycles. The number of aryl methyl sites for hydroxylation is 1. The lowest BCUT2D eigenvalue weighted by atomic mass is 10.2. The Hall–Kier alpha value is -1.84. The largest absolute Gasteiger partial charge is 0.367 e. The van der Waals surface area contributed by atoms with Crippen LogP contribution in [0.3, 0.4) is 0 Å². The predicted molar refractivity (Wildman–Crippen MR) is 69.6 cm³/mol. The van der Waals surface area contributed by atoms with Crippen LogP contribution in [-0.2, 0) is 0 Å². The standard InChI is InChI=1S/C13H18N4/c1-10-2-4-11(5-3-10)17-9-8-16-13(17)12-14-6-7-15-12/h2-5,14-16H,6-9H2,1H3. The minimum Gasteiger partial charge on any atom is -0.367 e. The minimum atomic E-state index is 0.996. The number of benzene rings is 1. The van der Waals surface area contributed by atoms with E-state index in [0.717, 1.165) is 32.0 Å². The predicted octanol–water partition coefficient (Wildman–Crippen LogP) is 0.724. The second-order valence-corrected chi connectivity index (χ2v) is 4.49. The molecule has 4 heteroatoms. The van der Waals surface area contributed by atoms with E-state index in [1.165, 1.54) is 17.1 Å². The monoisotopic (exact) mass is 230 g/mol. The Morgan fingerprint density at radius 2 is 1.65 bits per heavy atom. The molecule has 4 nitrogen and oxygen atoms in total. The highest BCUT2D eigenvalue weighted by Gasteiger charge is 2.23. The number of hydrogen-bond donors (Lipinski definition) is 3. The van der Waals surface area contributed by atoms with Gasteiger partial charge in [0.15, 0.2) is 0 Å². The molecule has 0 radical (unpaired) electrons. The fraction of sp³-hybridized carbons (Fsp3) is 0.385. The number of hydrogen-bond acceptors (Lipinski definition) is 4. The van der Waals surface area contributed by atoms with Crippen LogP contribution >= 0.6 is 0 Å². The van der Waals surface area contributed by atoms with Crippen LogP contribution in [0.4, 0.5) is 5.69 Å². The summed E-state index contributed by atoms with van der Waals surface area (Å²) in [4.78, 5) is 2.32. The van der Waals surface area contributed by atoms with Gasteiger partial charge in [-0.3, -0.25) is 0 Å². The number of nitrogens with zero attached hydrogens (tertiary/aromatic N) is 1. The summed E-state index contributed by atoms with van der Waals surface area (Å²) >= 11 is 0. The summed E-state index contributed by atoms with van der Waals surface area (Å²) in [5.74, 6) is 2.30. The van der Waals surface area contributed by atoms with Crippen LogP contribution in [0.5, 0.6) is 0 Å².